The second-order valence-corrected chi connectivity index (χ2v) is 18.9. The number of quaternary nitrogens is 2. The Balaban J connectivity index is -0.000000509. The van der Waals surface area contributed by atoms with E-state index in [1.807, 2.05) is 0 Å². The van der Waals surface area contributed by atoms with Gasteiger partial charge in [0.15, 0.2) is 0 Å². The van der Waals surface area contributed by atoms with E-state index in [2.05, 4.69) is 55.8 Å². The minimum atomic E-state index is 0. The van der Waals surface area contributed by atoms with Crippen molar-refractivity contribution in [2.75, 3.05) is 53.9 Å². The first-order valence-corrected chi connectivity index (χ1v) is 25.5. The highest BCUT2D eigenvalue weighted by molar-refractivity contribution is 4.55. The standard InChI is InChI=1S/C32H68N.C19H42N.2BrH/c1-5-9-13-17-21-25-29-33(30-26-22-18-14-10-6-2,31-27-23-19-15-11-7-3)32-28-24-20-16-12-8-4;1-5-6-7-8-9-10-11-12-13-14-15-16-17-18-19-20(2,3)4;;/h5-32H2,1-4H3;5-19H2,1-4H3;2*1H/q2*+1;;/p-2. The van der Waals surface area contributed by atoms with Gasteiger partial charge in [-0.2, -0.15) is 0 Å². The van der Waals surface area contributed by atoms with Crippen molar-refractivity contribution in [1.29, 1.82) is 0 Å². The van der Waals surface area contributed by atoms with Crippen molar-refractivity contribution in [1.82, 2.24) is 0 Å². The number of unbranched alkanes of at least 4 members (excludes halogenated alkanes) is 33. The molecule has 0 aromatic rings. The summed E-state index contributed by atoms with van der Waals surface area (Å²) in [6.07, 6.45) is 55.1. The predicted octanol–water partition coefficient (Wildman–Crippen LogP) is 11.4. The van der Waals surface area contributed by atoms with Crippen LogP contribution in [0.4, 0.5) is 0 Å². The van der Waals surface area contributed by atoms with Crippen molar-refractivity contribution in [2.45, 2.75) is 279 Å². The van der Waals surface area contributed by atoms with E-state index in [0.29, 0.717) is 0 Å². The zero-order valence-corrected chi connectivity index (χ0v) is 43.2. The van der Waals surface area contributed by atoms with Crippen LogP contribution >= 0.6 is 0 Å². The van der Waals surface area contributed by atoms with Crippen molar-refractivity contribution in [3.63, 3.8) is 0 Å². The van der Waals surface area contributed by atoms with E-state index in [4.69, 9.17) is 0 Å². The molecule has 0 saturated carbocycles. The van der Waals surface area contributed by atoms with E-state index in [9.17, 15) is 0 Å². The molecule has 0 aromatic carbocycles. The monoisotopic (exact) mass is 909 g/mol. The van der Waals surface area contributed by atoms with Gasteiger partial charge in [0.05, 0.1) is 53.9 Å². The maximum absolute atomic E-state index is 2.34. The van der Waals surface area contributed by atoms with Crippen molar-refractivity contribution >= 4 is 0 Å². The van der Waals surface area contributed by atoms with Crippen LogP contribution in [0.2, 0.25) is 0 Å². The van der Waals surface area contributed by atoms with Gasteiger partial charge in [-0.25, -0.2) is 0 Å². The van der Waals surface area contributed by atoms with Crippen LogP contribution in [-0.4, -0.2) is 62.8 Å². The molecule has 338 valence electrons. The van der Waals surface area contributed by atoms with Gasteiger partial charge in [-0.1, -0.05) is 214 Å². The predicted molar refractivity (Wildman–Crippen MR) is 246 cm³/mol. The number of hydrogen-bond acceptors (Lipinski definition) is 0. The highest BCUT2D eigenvalue weighted by Gasteiger charge is 2.25. The number of hydrogen-bond donors (Lipinski definition) is 0. The fourth-order valence-electron chi connectivity index (χ4n) is 8.36. The van der Waals surface area contributed by atoms with Crippen LogP contribution in [-0.2, 0) is 0 Å². The van der Waals surface area contributed by atoms with Crippen LogP contribution in [0.1, 0.15) is 279 Å². The van der Waals surface area contributed by atoms with Crippen LogP contribution in [0.3, 0.4) is 0 Å². The number of nitrogens with zero attached hydrogens (tertiary/aromatic N) is 2. The summed E-state index contributed by atoms with van der Waals surface area (Å²) in [5, 5.41) is 0. The molecule has 0 fully saturated rings. The van der Waals surface area contributed by atoms with Gasteiger partial charge >= 0.3 is 0 Å². The molecule has 0 aliphatic rings. The van der Waals surface area contributed by atoms with E-state index in [1.165, 1.54) is 281 Å². The first-order valence-electron chi connectivity index (χ1n) is 25.5. The molecule has 0 unspecified atom stereocenters. The molecule has 55 heavy (non-hydrogen) atoms. The van der Waals surface area contributed by atoms with Gasteiger partial charge in [0, 0.05) is 0 Å². The first kappa shape index (κ1) is 62.5. The second-order valence-electron chi connectivity index (χ2n) is 18.9. The quantitative estimate of drug-likeness (QED) is 0.0422. The smallest absolute Gasteiger partial charge is 0.0786 e. The lowest BCUT2D eigenvalue weighted by Crippen LogP contribution is -3.00. The second kappa shape index (κ2) is 51.0. The maximum Gasteiger partial charge on any atom is 0.0786 e. The SMILES string of the molecule is CCCCCCCCCCCCCCCC[N+](C)(C)C.CCCCCCCC[N+](CCCCCCCC)(CCCCCCCC)CCCCCCCC.[Br-].[Br-]. The molecule has 0 aromatic heterocycles. The third-order valence-electron chi connectivity index (χ3n) is 12.1. The van der Waals surface area contributed by atoms with Gasteiger partial charge in [0.2, 0.25) is 0 Å². The van der Waals surface area contributed by atoms with Crippen LogP contribution < -0.4 is 34.0 Å². The van der Waals surface area contributed by atoms with Crippen LogP contribution in [0, 0.1) is 0 Å². The van der Waals surface area contributed by atoms with Gasteiger partial charge in [-0.15, -0.1) is 0 Å². The zero-order valence-electron chi connectivity index (χ0n) is 40.1. The Kier molecular flexibility index (Phi) is 58.0. The highest BCUT2D eigenvalue weighted by atomic mass is 79.9. The molecule has 0 saturated heterocycles. The van der Waals surface area contributed by atoms with E-state index in [-0.39, 0.29) is 34.0 Å². The Morgan fingerprint density at radius 2 is 0.345 bits per heavy atom. The molecular formula is C51H110Br2N2. The molecule has 0 spiro atoms. The molecule has 0 heterocycles. The maximum atomic E-state index is 2.34. The van der Waals surface area contributed by atoms with E-state index < -0.39 is 0 Å². The van der Waals surface area contributed by atoms with E-state index in [1.54, 1.807) is 0 Å². The summed E-state index contributed by atoms with van der Waals surface area (Å²) >= 11 is 0. The van der Waals surface area contributed by atoms with E-state index >= 15 is 0 Å². The highest BCUT2D eigenvalue weighted by Crippen LogP contribution is 2.21. The third kappa shape index (κ3) is 52.9. The lowest BCUT2D eigenvalue weighted by atomic mass is 10.0. The zero-order chi connectivity index (χ0) is 39.4. The summed E-state index contributed by atoms with van der Waals surface area (Å²) in [4.78, 5) is 0. The molecule has 0 atom stereocenters. The third-order valence-corrected chi connectivity index (χ3v) is 12.1. The lowest BCUT2D eigenvalue weighted by molar-refractivity contribution is -0.929. The summed E-state index contributed by atoms with van der Waals surface area (Å²) in [6.45, 7) is 18.9. The van der Waals surface area contributed by atoms with Crippen LogP contribution in [0.25, 0.3) is 0 Å². The van der Waals surface area contributed by atoms with Crippen molar-refractivity contribution in [2.24, 2.45) is 0 Å². The molecule has 0 bridgehead atoms. The topological polar surface area (TPSA) is 0 Å². The molecule has 0 radical (unpaired) electrons. The molecule has 0 N–H and O–H groups in total. The summed E-state index contributed by atoms with van der Waals surface area (Å²) in [5.74, 6) is 0. The fourth-order valence-corrected chi connectivity index (χ4v) is 8.36. The molecule has 4 heteroatoms. The first-order chi connectivity index (χ1) is 25.8. The lowest BCUT2D eigenvalue weighted by Gasteiger charge is -2.40. The summed E-state index contributed by atoms with van der Waals surface area (Å²) in [7, 11) is 6.88. The van der Waals surface area contributed by atoms with E-state index in [0.717, 1.165) is 4.48 Å². The summed E-state index contributed by atoms with van der Waals surface area (Å²) in [5.41, 5.74) is 0. The van der Waals surface area contributed by atoms with Gasteiger partial charge in [-0.05, 0) is 64.2 Å². The Morgan fingerprint density at radius 1 is 0.200 bits per heavy atom. The normalized spacial score (nSPS) is 11.6. The van der Waals surface area contributed by atoms with Gasteiger partial charge in [0.25, 0.3) is 0 Å². The molecule has 2 nitrogen and oxygen atoms in total. The fraction of sp³-hybridized carbons (Fsp3) is 1.00. The van der Waals surface area contributed by atoms with Gasteiger partial charge in [0.1, 0.15) is 0 Å². The molecular weight excluding hydrogens is 800 g/mol. The minimum Gasteiger partial charge on any atom is -1.00 e. The van der Waals surface area contributed by atoms with Gasteiger partial charge < -0.3 is 42.9 Å². The minimum absolute atomic E-state index is 0. The number of halogens is 2. The Morgan fingerprint density at radius 3 is 0.509 bits per heavy atom. The average molecular weight is 911 g/mol. The largest absolute Gasteiger partial charge is 1.00 e. The molecule has 0 aliphatic carbocycles. The van der Waals surface area contributed by atoms with Gasteiger partial charge in [-0.3, -0.25) is 0 Å². The summed E-state index contributed by atoms with van der Waals surface area (Å²) in [6, 6.07) is 0. The Labute approximate surface area is 373 Å². The van der Waals surface area contributed by atoms with Crippen LogP contribution in [0.15, 0.2) is 0 Å². The Hall–Kier alpha value is 0.880. The number of rotatable bonds is 43. The van der Waals surface area contributed by atoms with Crippen molar-refractivity contribution in [3.05, 3.63) is 0 Å². The van der Waals surface area contributed by atoms with Crippen molar-refractivity contribution < 1.29 is 42.9 Å². The Bertz CT molecular complexity index is 580. The van der Waals surface area contributed by atoms with Crippen molar-refractivity contribution in [3.8, 4) is 0 Å². The average Bonchev–Trinajstić information content (AvgIpc) is 3.14. The van der Waals surface area contributed by atoms with Crippen LogP contribution in [0.5, 0.6) is 0 Å². The molecule has 0 rings (SSSR count). The summed E-state index contributed by atoms with van der Waals surface area (Å²) < 4.78 is 2.60. The molecule has 0 aliphatic heterocycles. The molecule has 0 amide bonds.